The first-order valence-electron chi connectivity index (χ1n) is 9.08. The molecule has 1 aliphatic rings. The van der Waals surface area contributed by atoms with Gasteiger partial charge in [0.1, 0.15) is 17.9 Å². The summed E-state index contributed by atoms with van der Waals surface area (Å²) in [6, 6.07) is 6.01. The predicted octanol–water partition coefficient (Wildman–Crippen LogP) is 1.53. The summed E-state index contributed by atoms with van der Waals surface area (Å²) in [7, 11) is -3.60. The SMILES string of the molecule is CCCCS(=O)(=O)NC(Cc1ccc(OC2CCNCC2)cc1)C(=O)O. The Kier molecular flexibility index (Phi) is 7.86. The molecule has 2 rings (SSSR count). The molecule has 26 heavy (non-hydrogen) atoms. The van der Waals surface area contributed by atoms with E-state index in [1.165, 1.54) is 0 Å². The summed E-state index contributed by atoms with van der Waals surface area (Å²) in [4.78, 5) is 11.4. The first kappa shape index (κ1) is 20.7. The molecule has 0 radical (unpaired) electrons. The number of hydrogen-bond acceptors (Lipinski definition) is 5. The third-order valence-electron chi connectivity index (χ3n) is 4.34. The lowest BCUT2D eigenvalue weighted by Gasteiger charge is -2.24. The summed E-state index contributed by atoms with van der Waals surface area (Å²) in [5.74, 6) is -0.493. The quantitative estimate of drug-likeness (QED) is 0.565. The molecule has 1 unspecified atom stereocenters. The van der Waals surface area contributed by atoms with Crippen molar-refractivity contribution >= 4 is 16.0 Å². The molecule has 0 aromatic heterocycles. The predicted molar refractivity (Wildman–Crippen MR) is 99.9 cm³/mol. The van der Waals surface area contributed by atoms with E-state index in [2.05, 4.69) is 10.0 Å². The largest absolute Gasteiger partial charge is 0.490 e. The Bertz CT molecular complexity index is 669. The first-order chi connectivity index (χ1) is 12.4. The Hall–Kier alpha value is -1.64. The van der Waals surface area contributed by atoms with Crippen LogP contribution >= 0.6 is 0 Å². The molecule has 7 nitrogen and oxygen atoms in total. The van der Waals surface area contributed by atoms with E-state index in [9.17, 15) is 18.3 Å². The number of carboxylic acids is 1. The monoisotopic (exact) mass is 384 g/mol. The molecule has 3 N–H and O–H groups in total. The maximum atomic E-state index is 12.0. The van der Waals surface area contributed by atoms with Crippen molar-refractivity contribution in [2.75, 3.05) is 18.8 Å². The van der Waals surface area contributed by atoms with E-state index in [0.29, 0.717) is 6.42 Å². The van der Waals surface area contributed by atoms with E-state index >= 15 is 0 Å². The number of unbranched alkanes of at least 4 members (excludes halogenated alkanes) is 1. The minimum atomic E-state index is -3.60. The van der Waals surface area contributed by atoms with Gasteiger partial charge in [-0.05, 0) is 56.5 Å². The van der Waals surface area contributed by atoms with Gasteiger partial charge in [-0.25, -0.2) is 13.1 Å². The number of sulfonamides is 1. The standard InChI is InChI=1S/C18H28N2O5S/c1-2-3-12-26(23,24)20-17(18(21)22)13-14-4-6-15(7-5-14)25-16-8-10-19-11-9-16/h4-7,16-17,19-20H,2-3,8-13H2,1H3,(H,21,22). The summed E-state index contributed by atoms with van der Waals surface area (Å²) >= 11 is 0. The van der Waals surface area contributed by atoms with Crippen molar-refractivity contribution in [3.8, 4) is 5.75 Å². The highest BCUT2D eigenvalue weighted by Gasteiger charge is 2.24. The smallest absolute Gasteiger partial charge is 0.322 e. The van der Waals surface area contributed by atoms with Crippen LogP contribution in [-0.2, 0) is 21.2 Å². The fourth-order valence-electron chi connectivity index (χ4n) is 2.83. The second kappa shape index (κ2) is 9.89. The highest BCUT2D eigenvalue weighted by atomic mass is 32.2. The number of carboxylic acid groups (broad SMARTS) is 1. The average Bonchev–Trinajstić information content (AvgIpc) is 2.62. The van der Waals surface area contributed by atoms with Crippen LogP contribution in [0.25, 0.3) is 0 Å². The van der Waals surface area contributed by atoms with Crippen LogP contribution in [0, 0.1) is 0 Å². The number of rotatable bonds is 10. The van der Waals surface area contributed by atoms with Gasteiger partial charge in [-0.3, -0.25) is 4.79 Å². The number of ether oxygens (including phenoxy) is 1. The molecule has 8 heteroatoms. The molecule has 1 atom stereocenters. The summed E-state index contributed by atoms with van der Waals surface area (Å²) in [5, 5.41) is 12.6. The van der Waals surface area contributed by atoms with Crippen molar-refractivity contribution in [3.63, 3.8) is 0 Å². The van der Waals surface area contributed by atoms with Gasteiger partial charge in [-0.15, -0.1) is 0 Å². The molecule has 1 aliphatic heterocycles. The Labute approximate surface area is 155 Å². The molecule has 1 saturated heterocycles. The maximum absolute atomic E-state index is 12.0. The fourth-order valence-corrected chi connectivity index (χ4v) is 4.24. The molecule has 0 bridgehead atoms. The van der Waals surface area contributed by atoms with Crippen LogP contribution in [0.3, 0.4) is 0 Å². The van der Waals surface area contributed by atoms with Crippen LogP contribution in [0.1, 0.15) is 38.2 Å². The van der Waals surface area contributed by atoms with Crippen LogP contribution in [0.4, 0.5) is 0 Å². The van der Waals surface area contributed by atoms with Crippen molar-refractivity contribution in [2.45, 2.75) is 51.2 Å². The molecular formula is C18H28N2O5S. The second-order valence-electron chi connectivity index (χ2n) is 6.60. The van der Waals surface area contributed by atoms with Crippen molar-refractivity contribution in [1.82, 2.24) is 10.0 Å². The zero-order chi connectivity index (χ0) is 19.0. The van der Waals surface area contributed by atoms with Gasteiger partial charge < -0.3 is 15.2 Å². The van der Waals surface area contributed by atoms with E-state index in [1.807, 2.05) is 19.1 Å². The summed E-state index contributed by atoms with van der Waals surface area (Å²) in [6.45, 7) is 3.78. The van der Waals surface area contributed by atoms with Crippen molar-refractivity contribution in [2.24, 2.45) is 0 Å². The second-order valence-corrected chi connectivity index (χ2v) is 8.47. The summed E-state index contributed by atoms with van der Waals surface area (Å²) in [6.07, 6.45) is 3.44. The molecule has 0 amide bonds. The van der Waals surface area contributed by atoms with Gasteiger partial charge in [0.2, 0.25) is 10.0 Å². The van der Waals surface area contributed by atoms with E-state index in [4.69, 9.17) is 4.74 Å². The average molecular weight is 384 g/mol. The van der Waals surface area contributed by atoms with Crippen molar-refractivity contribution < 1.29 is 23.1 Å². The normalized spacial score (nSPS) is 17.0. The van der Waals surface area contributed by atoms with Crippen molar-refractivity contribution in [1.29, 1.82) is 0 Å². The Morgan fingerprint density at radius 1 is 1.31 bits per heavy atom. The van der Waals surface area contributed by atoms with Gasteiger partial charge in [-0.2, -0.15) is 0 Å². The molecule has 1 fully saturated rings. The maximum Gasteiger partial charge on any atom is 0.322 e. The molecule has 146 valence electrons. The Morgan fingerprint density at radius 3 is 2.54 bits per heavy atom. The molecule has 0 saturated carbocycles. The number of carbonyl (C=O) groups is 1. The van der Waals surface area contributed by atoms with Crippen LogP contribution in [0.2, 0.25) is 0 Å². The summed E-state index contributed by atoms with van der Waals surface area (Å²) < 4.78 is 32.2. The molecule has 1 aromatic carbocycles. The zero-order valence-corrected chi connectivity index (χ0v) is 15.9. The third kappa shape index (κ3) is 6.93. The lowest BCUT2D eigenvalue weighted by molar-refractivity contribution is -0.138. The van der Waals surface area contributed by atoms with Crippen LogP contribution in [0.5, 0.6) is 5.75 Å². The lowest BCUT2D eigenvalue weighted by atomic mass is 10.1. The number of hydrogen-bond donors (Lipinski definition) is 3. The molecule has 0 spiro atoms. The molecular weight excluding hydrogens is 356 g/mol. The highest BCUT2D eigenvalue weighted by Crippen LogP contribution is 2.18. The third-order valence-corrected chi connectivity index (χ3v) is 5.81. The van der Waals surface area contributed by atoms with Crippen molar-refractivity contribution in [3.05, 3.63) is 29.8 Å². The number of aliphatic carboxylic acids is 1. The van der Waals surface area contributed by atoms with Gasteiger partial charge in [0.05, 0.1) is 5.75 Å². The first-order valence-corrected chi connectivity index (χ1v) is 10.7. The topological polar surface area (TPSA) is 105 Å². The Morgan fingerprint density at radius 2 is 1.96 bits per heavy atom. The van der Waals surface area contributed by atoms with E-state index in [0.717, 1.165) is 43.7 Å². The minimum Gasteiger partial charge on any atom is -0.490 e. The van der Waals surface area contributed by atoms with Gasteiger partial charge in [0.25, 0.3) is 0 Å². The molecule has 1 aromatic rings. The number of benzene rings is 1. The highest BCUT2D eigenvalue weighted by molar-refractivity contribution is 7.89. The molecule has 0 aliphatic carbocycles. The van der Waals surface area contributed by atoms with Crippen LogP contribution in [0.15, 0.2) is 24.3 Å². The number of nitrogens with one attached hydrogen (secondary N) is 2. The van der Waals surface area contributed by atoms with Crippen LogP contribution < -0.4 is 14.8 Å². The molecule has 1 heterocycles. The minimum absolute atomic E-state index is 0.0592. The van der Waals surface area contributed by atoms with Gasteiger partial charge >= 0.3 is 5.97 Å². The van der Waals surface area contributed by atoms with E-state index in [-0.39, 0.29) is 18.3 Å². The van der Waals surface area contributed by atoms with Gasteiger partial charge in [-0.1, -0.05) is 25.5 Å². The zero-order valence-electron chi connectivity index (χ0n) is 15.1. The summed E-state index contributed by atoms with van der Waals surface area (Å²) in [5.41, 5.74) is 0.744. The Balaban J connectivity index is 1.94. The van der Waals surface area contributed by atoms with E-state index < -0.39 is 22.0 Å². The lowest BCUT2D eigenvalue weighted by Crippen LogP contribution is -2.43. The van der Waals surface area contributed by atoms with E-state index in [1.54, 1.807) is 12.1 Å². The fraction of sp³-hybridized carbons (Fsp3) is 0.611. The van der Waals surface area contributed by atoms with Crippen LogP contribution in [-0.4, -0.2) is 50.5 Å². The number of piperidine rings is 1. The van der Waals surface area contributed by atoms with Gasteiger partial charge in [0.15, 0.2) is 0 Å². The van der Waals surface area contributed by atoms with Gasteiger partial charge in [0, 0.05) is 0 Å².